The molecular weight excluding hydrogens is 479 g/mol. The van der Waals surface area contributed by atoms with E-state index in [1.165, 1.54) is 30.3 Å². The Hall–Kier alpha value is -2.54. The van der Waals surface area contributed by atoms with E-state index in [4.69, 9.17) is 23.2 Å². The molecule has 3 aromatic carbocycles. The number of rotatable bonds is 8. The van der Waals surface area contributed by atoms with Crippen LogP contribution in [0.1, 0.15) is 36.1 Å². The molecule has 0 fully saturated rings. The first-order valence-electron chi connectivity index (χ1n) is 10.5. The smallest absolute Gasteiger partial charge is 0.264 e. The number of aryl methyl sites for hydroxylation is 2. The van der Waals surface area contributed by atoms with Crippen LogP contribution in [0.5, 0.6) is 0 Å². The number of nitrogens with one attached hydrogen (secondary N) is 1. The highest BCUT2D eigenvalue weighted by Gasteiger charge is 2.28. The van der Waals surface area contributed by atoms with Gasteiger partial charge in [0.25, 0.3) is 10.0 Å². The van der Waals surface area contributed by atoms with E-state index >= 15 is 0 Å². The number of halogens is 2. The Morgan fingerprint density at radius 1 is 0.909 bits per heavy atom. The van der Waals surface area contributed by atoms with Crippen LogP contribution in [0, 0.1) is 13.8 Å². The van der Waals surface area contributed by atoms with Crippen molar-refractivity contribution in [1.82, 2.24) is 5.32 Å². The maximum absolute atomic E-state index is 13.5. The highest BCUT2D eigenvalue weighted by molar-refractivity contribution is 7.92. The molecule has 0 bridgehead atoms. The van der Waals surface area contributed by atoms with Gasteiger partial charge in [-0.25, -0.2) is 8.42 Å². The van der Waals surface area contributed by atoms with Crippen molar-refractivity contribution in [2.45, 2.75) is 38.1 Å². The summed E-state index contributed by atoms with van der Waals surface area (Å²) in [7, 11) is -4.06. The minimum Gasteiger partial charge on any atom is -0.348 e. The van der Waals surface area contributed by atoms with Crippen LogP contribution in [0.15, 0.2) is 71.6 Å². The second kappa shape index (κ2) is 10.6. The quantitative estimate of drug-likeness (QED) is 0.404. The summed E-state index contributed by atoms with van der Waals surface area (Å²) in [6.45, 7) is 5.40. The molecule has 174 valence electrons. The number of hydrogen-bond donors (Lipinski definition) is 1. The second-order valence-electron chi connectivity index (χ2n) is 7.89. The van der Waals surface area contributed by atoms with Gasteiger partial charge in [-0.3, -0.25) is 9.10 Å². The van der Waals surface area contributed by atoms with Crippen molar-refractivity contribution in [2.24, 2.45) is 0 Å². The molecule has 1 unspecified atom stereocenters. The van der Waals surface area contributed by atoms with Gasteiger partial charge in [-0.1, -0.05) is 77.7 Å². The van der Waals surface area contributed by atoms with Gasteiger partial charge in [-0.05, 0) is 56.2 Å². The van der Waals surface area contributed by atoms with Gasteiger partial charge in [0, 0.05) is 10.0 Å². The summed E-state index contributed by atoms with van der Waals surface area (Å²) < 4.78 is 28.1. The third-order valence-electron chi connectivity index (χ3n) is 5.25. The lowest BCUT2D eigenvalue weighted by Crippen LogP contribution is -2.42. The van der Waals surface area contributed by atoms with Gasteiger partial charge in [0.2, 0.25) is 5.91 Å². The standard InChI is InChI=1S/C25H26Cl2N2O3S/c1-4-24(19-9-5-17(2)6-10-19)28-25(30)16-29(22-14-20(26)13-21(27)15-22)33(31,32)23-11-7-18(3)8-12-23/h5-15,24H,4,16H2,1-3H3,(H,28,30). The first-order chi connectivity index (χ1) is 15.6. The molecular formula is C25H26Cl2N2O3S. The number of nitrogens with zero attached hydrogens (tertiary/aromatic N) is 1. The molecule has 0 saturated carbocycles. The number of sulfonamides is 1. The normalized spacial score (nSPS) is 12.3. The largest absolute Gasteiger partial charge is 0.348 e. The van der Waals surface area contributed by atoms with Gasteiger partial charge in [0.05, 0.1) is 16.6 Å². The summed E-state index contributed by atoms with van der Waals surface area (Å²) >= 11 is 12.3. The number of hydrogen-bond acceptors (Lipinski definition) is 3. The maximum atomic E-state index is 13.5. The minimum absolute atomic E-state index is 0.0718. The second-order valence-corrected chi connectivity index (χ2v) is 10.6. The molecule has 1 N–H and O–H groups in total. The van der Waals surface area contributed by atoms with E-state index in [9.17, 15) is 13.2 Å². The van der Waals surface area contributed by atoms with Crippen LogP contribution < -0.4 is 9.62 Å². The lowest BCUT2D eigenvalue weighted by Gasteiger charge is -2.26. The average Bonchev–Trinajstić information content (AvgIpc) is 2.76. The summed E-state index contributed by atoms with van der Waals surface area (Å²) in [6.07, 6.45) is 0.655. The van der Waals surface area contributed by atoms with Crippen LogP contribution in [-0.2, 0) is 14.8 Å². The molecule has 0 radical (unpaired) electrons. The predicted octanol–water partition coefficient (Wildman–Crippen LogP) is 6.07. The maximum Gasteiger partial charge on any atom is 0.264 e. The molecule has 8 heteroatoms. The van der Waals surface area contributed by atoms with Crippen LogP contribution in [0.4, 0.5) is 5.69 Å². The Morgan fingerprint density at radius 2 is 1.42 bits per heavy atom. The van der Waals surface area contributed by atoms with Gasteiger partial charge < -0.3 is 5.32 Å². The molecule has 5 nitrogen and oxygen atoms in total. The first kappa shape index (κ1) is 25.1. The Labute approximate surface area is 205 Å². The summed E-state index contributed by atoms with van der Waals surface area (Å²) in [5.41, 5.74) is 3.21. The number of carbonyl (C=O) groups excluding carboxylic acids is 1. The highest BCUT2D eigenvalue weighted by Crippen LogP contribution is 2.30. The van der Waals surface area contributed by atoms with E-state index in [1.807, 2.05) is 45.0 Å². The van der Waals surface area contributed by atoms with Crippen molar-refractivity contribution in [2.75, 3.05) is 10.8 Å². The van der Waals surface area contributed by atoms with Crippen molar-refractivity contribution < 1.29 is 13.2 Å². The Morgan fingerprint density at radius 3 is 1.94 bits per heavy atom. The first-order valence-corrected chi connectivity index (χ1v) is 12.7. The molecule has 0 aliphatic rings. The molecule has 0 aromatic heterocycles. The van der Waals surface area contributed by atoms with E-state index in [0.717, 1.165) is 21.0 Å². The van der Waals surface area contributed by atoms with Gasteiger partial charge in [0.15, 0.2) is 0 Å². The van der Waals surface area contributed by atoms with Gasteiger partial charge in [-0.15, -0.1) is 0 Å². The molecule has 0 spiro atoms. The summed E-state index contributed by atoms with van der Waals surface area (Å²) in [4.78, 5) is 13.1. The van der Waals surface area contributed by atoms with Gasteiger partial charge in [0.1, 0.15) is 6.54 Å². The summed E-state index contributed by atoms with van der Waals surface area (Å²) in [5, 5.41) is 3.50. The van der Waals surface area contributed by atoms with E-state index in [1.54, 1.807) is 12.1 Å². The van der Waals surface area contributed by atoms with E-state index in [-0.39, 0.29) is 26.7 Å². The van der Waals surface area contributed by atoms with Crippen molar-refractivity contribution in [1.29, 1.82) is 0 Å². The van der Waals surface area contributed by atoms with Crippen LogP contribution in [0.3, 0.4) is 0 Å². The highest BCUT2D eigenvalue weighted by atomic mass is 35.5. The number of benzene rings is 3. The zero-order valence-corrected chi connectivity index (χ0v) is 21.0. The monoisotopic (exact) mass is 504 g/mol. The van der Waals surface area contributed by atoms with Crippen LogP contribution in [-0.4, -0.2) is 20.9 Å². The summed E-state index contributed by atoms with van der Waals surface area (Å²) in [5.74, 6) is -0.436. The molecule has 1 atom stereocenters. The summed E-state index contributed by atoms with van der Waals surface area (Å²) in [6, 6.07) is 18.5. The molecule has 3 aromatic rings. The zero-order chi connectivity index (χ0) is 24.2. The fourth-order valence-corrected chi connectivity index (χ4v) is 5.35. The molecule has 33 heavy (non-hydrogen) atoms. The molecule has 1 amide bonds. The Bertz CT molecular complexity index is 1210. The minimum atomic E-state index is -4.06. The van der Waals surface area contributed by atoms with Crippen molar-refractivity contribution in [3.63, 3.8) is 0 Å². The molecule has 0 aliphatic heterocycles. The SMILES string of the molecule is CCC(NC(=O)CN(c1cc(Cl)cc(Cl)c1)S(=O)(=O)c1ccc(C)cc1)c1ccc(C)cc1. The van der Waals surface area contributed by atoms with Crippen molar-refractivity contribution in [3.05, 3.63) is 93.5 Å². The van der Waals surface area contributed by atoms with Crippen molar-refractivity contribution >= 4 is 44.8 Å². The molecule has 3 rings (SSSR count). The zero-order valence-electron chi connectivity index (χ0n) is 18.7. The van der Waals surface area contributed by atoms with E-state index in [2.05, 4.69) is 5.32 Å². The predicted molar refractivity (Wildman–Crippen MR) is 135 cm³/mol. The number of anilines is 1. The van der Waals surface area contributed by atoms with E-state index < -0.39 is 22.5 Å². The fraction of sp³-hybridized carbons (Fsp3) is 0.240. The average molecular weight is 505 g/mol. The van der Waals surface area contributed by atoms with Crippen LogP contribution in [0.2, 0.25) is 10.0 Å². The molecule has 0 aliphatic carbocycles. The molecule has 0 heterocycles. The van der Waals surface area contributed by atoms with Crippen LogP contribution >= 0.6 is 23.2 Å². The fourth-order valence-electron chi connectivity index (χ4n) is 3.43. The van der Waals surface area contributed by atoms with E-state index in [0.29, 0.717) is 6.42 Å². The topological polar surface area (TPSA) is 66.5 Å². The number of amides is 1. The third kappa shape index (κ3) is 6.28. The number of carbonyl (C=O) groups is 1. The molecule has 0 saturated heterocycles. The van der Waals surface area contributed by atoms with Crippen LogP contribution in [0.25, 0.3) is 0 Å². The van der Waals surface area contributed by atoms with Gasteiger partial charge >= 0.3 is 0 Å². The van der Waals surface area contributed by atoms with Gasteiger partial charge in [-0.2, -0.15) is 0 Å². The van der Waals surface area contributed by atoms with Crippen molar-refractivity contribution in [3.8, 4) is 0 Å². The third-order valence-corrected chi connectivity index (χ3v) is 7.48. The lowest BCUT2D eigenvalue weighted by molar-refractivity contribution is -0.120. The lowest BCUT2D eigenvalue weighted by atomic mass is 10.0. The Kier molecular flexibility index (Phi) is 8.05. The Balaban J connectivity index is 1.94.